The maximum Gasteiger partial charge on any atom is 0.490 e. The highest BCUT2D eigenvalue weighted by Crippen LogP contribution is 2.32. The van der Waals surface area contributed by atoms with Crippen molar-refractivity contribution < 1.29 is 37.0 Å². The zero-order chi connectivity index (χ0) is 29.7. The number of nitrogen functional groups attached to an aromatic ring is 1. The van der Waals surface area contributed by atoms with E-state index in [4.69, 9.17) is 20.4 Å². The normalized spacial score (nSPS) is 13.8. The van der Waals surface area contributed by atoms with Gasteiger partial charge in [-0.05, 0) is 65.6 Å². The second-order valence-corrected chi connectivity index (χ2v) is 9.33. The fraction of sp³-hybridized carbons (Fsp3) is 0.241. The molecule has 1 amide bonds. The third kappa shape index (κ3) is 6.89. The number of carbonyl (C=O) groups excluding carboxylic acids is 1. The van der Waals surface area contributed by atoms with Crippen molar-refractivity contribution in [2.45, 2.75) is 24.9 Å². The average Bonchev–Trinajstić information content (AvgIpc) is 2.97. The molecule has 41 heavy (non-hydrogen) atoms. The van der Waals surface area contributed by atoms with E-state index in [0.29, 0.717) is 36.3 Å². The predicted octanol–water partition coefficient (Wildman–Crippen LogP) is 5.68. The van der Waals surface area contributed by atoms with Gasteiger partial charge in [0.15, 0.2) is 0 Å². The third-order valence-corrected chi connectivity index (χ3v) is 6.80. The number of anilines is 1. The number of nitrogens with zero attached hydrogens (tertiary/aromatic N) is 3. The van der Waals surface area contributed by atoms with Crippen LogP contribution in [0.25, 0.3) is 21.9 Å². The molecule has 0 aliphatic carbocycles. The topological polar surface area (TPSA) is 119 Å². The fourth-order valence-corrected chi connectivity index (χ4v) is 4.59. The summed E-state index contributed by atoms with van der Waals surface area (Å²) in [6, 6.07) is 16.5. The van der Waals surface area contributed by atoms with Crippen molar-refractivity contribution in [1.82, 2.24) is 14.9 Å². The summed E-state index contributed by atoms with van der Waals surface area (Å²) in [6.07, 6.45) is -0.124. The molecule has 8 nitrogen and oxygen atoms in total. The van der Waals surface area contributed by atoms with Gasteiger partial charge in [0.05, 0.1) is 12.7 Å². The van der Waals surface area contributed by atoms with Crippen molar-refractivity contribution in [3.63, 3.8) is 0 Å². The van der Waals surface area contributed by atoms with Crippen LogP contribution in [0, 0.1) is 5.82 Å². The van der Waals surface area contributed by atoms with Crippen LogP contribution in [0.4, 0.5) is 23.4 Å². The van der Waals surface area contributed by atoms with Gasteiger partial charge in [-0.3, -0.25) is 4.79 Å². The van der Waals surface area contributed by atoms with Crippen LogP contribution in [-0.2, 0) is 4.79 Å². The highest BCUT2D eigenvalue weighted by atomic mass is 19.4. The molecule has 1 aliphatic rings. The summed E-state index contributed by atoms with van der Waals surface area (Å²) in [6.45, 7) is 1.15. The number of ether oxygens (including phenoxy) is 1. The number of aliphatic carboxylic acids is 1. The summed E-state index contributed by atoms with van der Waals surface area (Å²) in [5.41, 5.74) is 8.75. The second kappa shape index (κ2) is 12.2. The summed E-state index contributed by atoms with van der Waals surface area (Å²) in [7, 11) is 1.54. The molecule has 0 atom stereocenters. The highest BCUT2D eigenvalue weighted by Gasteiger charge is 2.38. The molecule has 0 spiro atoms. The van der Waals surface area contributed by atoms with Crippen LogP contribution in [0.5, 0.6) is 5.88 Å². The van der Waals surface area contributed by atoms with Gasteiger partial charge < -0.3 is 20.5 Å². The Morgan fingerprint density at radius 2 is 1.68 bits per heavy atom. The number of hydrogen-bond donors (Lipinski definition) is 2. The Hall–Kier alpha value is -4.74. The summed E-state index contributed by atoms with van der Waals surface area (Å²) >= 11 is 0. The number of carbonyl (C=O) groups is 2. The number of aromatic nitrogens is 2. The van der Waals surface area contributed by atoms with E-state index >= 15 is 0 Å². The minimum atomic E-state index is -5.08. The molecule has 5 rings (SSSR count). The fourth-order valence-electron chi connectivity index (χ4n) is 4.59. The summed E-state index contributed by atoms with van der Waals surface area (Å²) < 4.78 is 51.7. The quantitative estimate of drug-likeness (QED) is 0.303. The largest absolute Gasteiger partial charge is 0.490 e. The zero-order valence-corrected chi connectivity index (χ0v) is 21.9. The number of alkyl halides is 3. The number of pyridine rings is 2. The molecule has 4 aromatic rings. The van der Waals surface area contributed by atoms with E-state index in [0.717, 1.165) is 29.2 Å². The molecule has 12 heteroatoms. The van der Waals surface area contributed by atoms with Crippen LogP contribution in [0.15, 0.2) is 67.0 Å². The monoisotopic (exact) mass is 570 g/mol. The molecule has 0 saturated carbocycles. The Kier molecular flexibility index (Phi) is 8.70. The maximum absolute atomic E-state index is 14.9. The van der Waals surface area contributed by atoms with Crippen LogP contribution in [0.1, 0.15) is 34.7 Å². The van der Waals surface area contributed by atoms with E-state index in [1.54, 1.807) is 42.6 Å². The Balaban J connectivity index is 0.000000493. The first kappa shape index (κ1) is 29.2. The molecule has 0 unspecified atom stereocenters. The number of benzene rings is 2. The molecule has 1 aliphatic heterocycles. The Bertz CT molecular complexity index is 1550. The molecule has 1 saturated heterocycles. The number of carboxylic acid groups (broad SMARTS) is 1. The number of rotatable bonds is 4. The Morgan fingerprint density at radius 1 is 1.00 bits per heavy atom. The van der Waals surface area contributed by atoms with Crippen molar-refractivity contribution in [3.05, 3.63) is 83.9 Å². The van der Waals surface area contributed by atoms with Gasteiger partial charge in [0.2, 0.25) is 5.88 Å². The van der Waals surface area contributed by atoms with Crippen LogP contribution in [0.2, 0.25) is 0 Å². The summed E-state index contributed by atoms with van der Waals surface area (Å²) in [5.74, 6) is -2.23. The number of fused-ring (bicyclic) bond motifs is 1. The standard InChI is InChI=1S/C27H25FN4O2.C2HF3O2/c1-34-25-7-5-21(16-31-25)20-4-6-22(24(28)15-20)27(33)32-12-9-17(10-13-32)19-3-2-18-8-11-30-26(29)23(18)14-19;3-2(4,5)1(6)7/h2-8,11,14-17H,9-10,12-13H2,1H3,(H2,29,30);(H,6,7). The van der Waals surface area contributed by atoms with E-state index in [9.17, 15) is 22.4 Å². The minimum Gasteiger partial charge on any atom is -0.481 e. The first-order valence-electron chi connectivity index (χ1n) is 12.5. The Morgan fingerprint density at radius 3 is 2.27 bits per heavy atom. The molecule has 3 heterocycles. The molecule has 0 radical (unpaired) electrons. The van der Waals surface area contributed by atoms with Crippen LogP contribution in [0.3, 0.4) is 0 Å². The number of likely N-dealkylation sites (tertiary alicyclic amines) is 1. The first-order valence-corrected chi connectivity index (χ1v) is 12.5. The van der Waals surface area contributed by atoms with Crippen LogP contribution >= 0.6 is 0 Å². The van der Waals surface area contributed by atoms with E-state index in [-0.39, 0.29) is 11.5 Å². The Labute approximate surface area is 232 Å². The average molecular weight is 571 g/mol. The number of hydrogen-bond acceptors (Lipinski definition) is 6. The SMILES string of the molecule is COc1ccc(-c2ccc(C(=O)N3CCC(c4ccc5ccnc(N)c5c4)CC3)c(F)c2)cn1.O=C(O)C(F)(F)F. The van der Waals surface area contributed by atoms with Crippen LogP contribution in [-0.4, -0.2) is 58.2 Å². The smallest absolute Gasteiger partial charge is 0.481 e. The van der Waals surface area contributed by atoms with Gasteiger partial charge in [-0.15, -0.1) is 0 Å². The van der Waals surface area contributed by atoms with Crippen molar-refractivity contribution >= 4 is 28.5 Å². The van der Waals surface area contributed by atoms with Crippen molar-refractivity contribution in [3.8, 4) is 17.0 Å². The van der Waals surface area contributed by atoms with E-state index in [2.05, 4.69) is 28.2 Å². The lowest BCUT2D eigenvalue weighted by Gasteiger charge is -2.32. The number of methoxy groups -OCH3 is 1. The number of nitrogens with two attached hydrogens (primary N) is 1. The van der Waals surface area contributed by atoms with Gasteiger partial charge in [-0.25, -0.2) is 19.2 Å². The van der Waals surface area contributed by atoms with Crippen LogP contribution < -0.4 is 10.5 Å². The molecular weight excluding hydrogens is 544 g/mol. The highest BCUT2D eigenvalue weighted by molar-refractivity contribution is 5.95. The number of carboxylic acids is 1. The van der Waals surface area contributed by atoms with Gasteiger partial charge in [0, 0.05) is 42.5 Å². The number of halogens is 4. The molecule has 214 valence electrons. The second-order valence-electron chi connectivity index (χ2n) is 9.33. The van der Waals surface area contributed by atoms with Gasteiger partial charge in [0.25, 0.3) is 5.91 Å². The number of piperidine rings is 1. The lowest BCUT2D eigenvalue weighted by Crippen LogP contribution is -2.38. The third-order valence-electron chi connectivity index (χ3n) is 6.80. The van der Waals surface area contributed by atoms with E-state index in [1.807, 2.05) is 12.1 Å². The molecule has 1 fully saturated rings. The van der Waals surface area contributed by atoms with E-state index < -0.39 is 18.0 Å². The zero-order valence-electron chi connectivity index (χ0n) is 21.9. The van der Waals surface area contributed by atoms with Gasteiger partial charge >= 0.3 is 12.1 Å². The molecule has 0 bridgehead atoms. The van der Waals surface area contributed by atoms with Gasteiger partial charge in [-0.2, -0.15) is 13.2 Å². The van der Waals surface area contributed by atoms with Crippen molar-refractivity contribution in [2.75, 3.05) is 25.9 Å². The molecule has 2 aromatic carbocycles. The molecular formula is C29H26F4N4O4. The first-order chi connectivity index (χ1) is 19.5. The lowest BCUT2D eigenvalue weighted by atomic mass is 9.88. The van der Waals surface area contributed by atoms with Gasteiger partial charge in [0.1, 0.15) is 11.6 Å². The lowest BCUT2D eigenvalue weighted by molar-refractivity contribution is -0.192. The van der Waals surface area contributed by atoms with E-state index in [1.165, 1.54) is 11.6 Å². The van der Waals surface area contributed by atoms with Crippen molar-refractivity contribution in [2.24, 2.45) is 0 Å². The summed E-state index contributed by atoms with van der Waals surface area (Å²) in [5, 5.41) is 9.14. The summed E-state index contributed by atoms with van der Waals surface area (Å²) in [4.78, 5) is 32.0. The molecule has 3 N–H and O–H groups in total. The minimum absolute atomic E-state index is 0.0909. The predicted molar refractivity (Wildman–Crippen MR) is 144 cm³/mol. The number of amides is 1. The van der Waals surface area contributed by atoms with Crippen molar-refractivity contribution in [1.29, 1.82) is 0 Å². The molecule has 2 aromatic heterocycles. The maximum atomic E-state index is 14.9. The van der Waals surface area contributed by atoms with Gasteiger partial charge in [-0.1, -0.05) is 18.2 Å².